The predicted molar refractivity (Wildman–Crippen MR) is 111 cm³/mol. The van der Waals surface area contributed by atoms with E-state index in [-0.39, 0.29) is 36.8 Å². The van der Waals surface area contributed by atoms with E-state index in [9.17, 15) is 4.79 Å². The van der Waals surface area contributed by atoms with Crippen molar-refractivity contribution in [2.75, 3.05) is 44.2 Å². The van der Waals surface area contributed by atoms with Crippen molar-refractivity contribution in [3.05, 3.63) is 24.4 Å². The lowest BCUT2D eigenvalue weighted by Crippen LogP contribution is -2.52. The Labute approximate surface area is 168 Å². The van der Waals surface area contributed by atoms with Crippen LogP contribution in [0.15, 0.2) is 24.4 Å². The fourth-order valence-electron chi connectivity index (χ4n) is 3.52. The quantitative estimate of drug-likeness (QED) is 0.782. The second-order valence-electron chi connectivity index (χ2n) is 6.83. The molecule has 2 aliphatic rings. The van der Waals surface area contributed by atoms with Crippen molar-refractivity contribution >= 4 is 36.5 Å². The zero-order valence-electron chi connectivity index (χ0n) is 15.4. The lowest BCUT2D eigenvalue weighted by molar-refractivity contribution is -0.122. The summed E-state index contributed by atoms with van der Waals surface area (Å²) in [6, 6.07) is 6.70. The molecular weight excluding hydrogens is 373 g/mol. The standard InChI is InChI=1S/C18H29N5O.2ClH/c1-15-16(5-4-9-19-15)21-18(24)7-10-22-11-13-23(14-12-22)17-6-2-3-8-20-17;;/h2-3,6,8,15-16,19H,4-5,7,9-14H2,1H3,(H,21,24);2*1H. The minimum atomic E-state index is 0. The topological polar surface area (TPSA) is 60.5 Å². The lowest BCUT2D eigenvalue weighted by Gasteiger charge is -2.35. The fraction of sp³-hybridized carbons (Fsp3) is 0.667. The summed E-state index contributed by atoms with van der Waals surface area (Å²) in [4.78, 5) is 21.3. The number of halogens is 2. The van der Waals surface area contributed by atoms with Crippen molar-refractivity contribution in [3.8, 4) is 0 Å². The number of hydrogen-bond donors (Lipinski definition) is 2. The van der Waals surface area contributed by atoms with Gasteiger partial charge in [0, 0.05) is 57.4 Å². The smallest absolute Gasteiger partial charge is 0.221 e. The number of hydrogen-bond acceptors (Lipinski definition) is 5. The van der Waals surface area contributed by atoms with E-state index < -0.39 is 0 Å². The van der Waals surface area contributed by atoms with Crippen LogP contribution in [0.5, 0.6) is 0 Å². The molecule has 26 heavy (non-hydrogen) atoms. The Morgan fingerprint density at radius 3 is 2.69 bits per heavy atom. The molecule has 0 radical (unpaired) electrons. The minimum absolute atomic E-state index is 0. The van der Waals surface area contributed by atoms with Gasteiger partial charge in [-0.05, 0) is 38.4 Å². The monoisotopic (exact) mass is 403 g/mol. The van der Waals surface area contributed by atoms with Gasteiger partial charge in [-0.15, -0.1) is 24.8 Å². The van der Waals surface area contributed by atoms with Crippen LogP contribution in [-0.4, -0.2) is 67.1 Å². The molecule has 6 nitrogen and oxygen atoms in total. The molecule has 1 amide bonds. The van der Waals surface area contributed by atoms with Gasteiger partial charge in [0.2, 0.25) is 5.91 Å². The van der Waals surface area contributed by atoms with Crippen LogP contribution >= 0.6 is 24.8 Å². The van der Waals surface area contributed by atoms with Crippen molar-refractivity contribution in [1.29, 1.82) is 0 Å². The highest BCUT2D eigenvalue weighted by atomic mass is 35.5. The summed E-state index contributed by atoms with van der Waals surface area (Å²) >= 11 is 0. The van der Waals surface area contributed by atoms with Gasteiger partial charge in [0.05, 0.1) is 0 Å². The molecule has 2 aliphatic heterocycles. The van der Waals surface area contributed by atoms with Gasteiger partial charge in [-0.3, -0.25) is 9.69 Å². The molecule has 1 aromatic heterocycles. The summed E-state index contributed by atoms with van der Waals surface area (Å²) in [5, 5.41) is 6.62. The summed E-state index contributed by atoms with van der Waals surface area (Å²) in [5.41, 5.74) is 0. The van der Waals surface area contributed by atoms with Gasteiger partial charge >= 0.3 is 0 Å². The van der Waals surface area contributed by atoms with Gasteiger partial charge in [0.15, 0.2) is 0 Å². The summed E-state index contributed by atoms with van der Waals surface area (Å²) in [6.07, 6.45) is 4.66. The van der Waals surface area contributed by atoms with E-state index in [1.54, 1.807) is 0 Å². The van der Waals surface area contributed by atoms with Gasteiger partial charge < -0.3 is 15.5 Å². The average molecular weight is 404 g/mol. The third kappa shape index (κ3) is 6.58. The summed E-state index contributed by atoms with van der Waals surface area (Å²) in [7, 11) is 0. The van der Waals surface area contributed by atoms with Crippen LogP contribution in [0.1, 0.15) is 26.2 Å². The van der Waals surface area contributed by atoms with Crippen molar-refractivity contribution in [2.24, 2.45) is 0 Å². The highest BCUT2D eigenvalue weighted by molar-refractivity contribution is 5.85. The second kappa shape index (κ2) is 11.6. The zero-order chi connectivity index (χ0) is 16.8. The highest BCUT2D eigenvalue weighted by Gasteiger charge is 2.23. The van der Waals surface area contributed by atoms with Gasteiger partial charge in [-0.25, -0.2) is 4.98 Å². The Balaban J connectivity index is 0.00000169. The minimum Gasteiger partial charge on any atom is -0.354 e. The van der Waals surface area contributed by atoms with Gasteiger partial charge in [0.25, 0.3) is 0 Å². The van der Waals surface area contributed by atoms with Crippen molar-refractivity contribution in [1.82, 2.24) is 20.5 Å². The van der Waals surface area contributed by atoms with Crippen molar-refractivity contribution in [2.45, 2.75) is 38.3 Å². The maximum atomic E-state index is 12.2. The Hall–Kier alpha value is -1.08. The number of nitrogens with zero attached hydrogens (tertiary/aromatic N) is 3. The van der Waals surface area contributed by atoms with Crippen LogP contribution in [0.2, 0.25) is 0 Å². The Bertz CT molecular complexity index is 526. The fourth-order valence-corrected chi connectivity index (χ4v) is 3.52. The maximum Gasteiger partial charge on any atom is 0.221 e. The molecule has 3 rings (SSSR count). The van der Waals surface area contributed by atoms with E-state index in [2.05, 4.69) is 38.4 Å². The number of carbonyl (C=O) groups is 1. The third-order valence-corrected chi connectivity index (χ3v) is 5.11. The highest BCUT2D eigenvalue weighted by Crippen LogP contribution is 2.13. The Morgan fingerprint density at radius 2 is 2.04 bits per heavy atom. The molecule has 0 saturated carbocycles. The molecule has 8 heteroatoms. The molecular formula is C18H31Cl2N5O. The van der Waals surface area contributed by atoms with E-state index in [1.165, 1.54) is 0 Å². The van der Waals surface area contributed by atoms with E-state index >= 15 is 0 Å². The van der Waals surface area contributed by atoms with Crippen LogP contribution in [0.3, 0.4) is 0 Å². The van der Waals surface area contributed by atoms with Crippen LogP contribution < -0.4 is 15.5 Å². The van der Waals surface area contributed by atoms with Gasteiger partial charge in [-0.2, -0.15) is 0 Å². The first-order valence-corrected chi connectivity index (χ1v) is 9.13. The molecule has 0 aliphatic carbocycles. The SMILES string of the molecule is CC1NCCCC1NC(=O)CCN1CCN(c2ccccn2)CC1.Cl.Cl. The number of amides is 1. The van der Waals surface area contributed by atoms with Gasteiger partial charge in [0.1, 0.15) is 5.82 Å². The number of pyridine rings is 1. The normalized spacial score (nSPS) is 23.5. The number of piperazine rings is 1. The Morgan fingerprint density at radius 1 is 1.27 bits per heavy atom. The molecule has 0 bridgehead atoms. The predicted octanol–water partition coefficient (Wildman–Crippen LogP) is 1.69. The molecule has 2 N–H and O–H groups in total. The number of carbonyl (C=O) groups excluding carboxylic acids is 1. The first-order valence-electron chi connectivity index (χ1n) is 9.13. The van der Waals surface area contributed by atoms with Crippen LogP contribution in [0.25, 0.3) is 0 Å². The number of rotatable bonds is 5. The maximum absolute atomic E-state index is 12.2. The molecule has 2 unspecified atom stereocenters. The van der Waals surface area contributed by atoms with Crippen molar-refractivity contribution < 1.29 is 4.79 Å². The summed E-state index contributed by atoms with van der Waals surface area (Å²) < 4.78 is 0. The van der Waals surface area contributed by atoms with E-state index in [1.807, 2.05) is 18.3 Å². The first-order chi connectivity index (χ1) is 11.7. The molecule has 0 spiro atoms. The van der Waals surface area contributed by atoms with E-state index in [0.29, 0.717) is 12.5 Å². The average Bonchev–Trinajstić information content (AvgIpc) is 2.63. The van der Waals surface area contributed by atoms with E-state index in [0.717, 1.165) is 57.9 Å². The number of piperidine rings is 1. The Kier molecular flexibility index (Phi) is 10.2. The molecule has 2 fully saturated rings. The largest absolute Gasteiger partial charge is 0.354 e. The van der Waals surface area contributed by atoms with Gasteiger partial charge in [-0.1, -0.05) is 6.07 Å². The number of anilines is 1. The second-order valence-corrected chi connectivity index (χ2v) is 6.83. The molecule has 1 aromatic rings. The summed E-state index contributed by atoms with van der Waals surface area (Å²) in [5.74, 6) is 1.23. The van der Waals surface area contributed by atoms with Crippen LogP contribution in [-0.2, 0) is 4.79 Å². The molecule has 2 atom stereocenters. The molecule has 2 saturated heterocycles. The summed E-state index contributed by atoms with van der Waals surface area (Å²) in [6.45, 7) is 7.99. The molecule has 3 heterocycles. The van der Waals surface area contributed by atoms with Crippen LogP contribution in [0.4, 0.5) is 5.82 Å². The van der Waals surface area contributed by atoms with Crippen LogP contribution in [0, 0.1) is 0 Å². The zero-order valence-corrected chi connectivity index (χ0v) is 17.0. The molecule has 0 aromatic carbocycles. The third-order valence-electron chi connectivity index (χ3n) is 5.11. The van der Waals surface area contributed by atoms with E-state index in [4.69, 9.17) is 0 Å². The first kappa shape index (κ1) is 23.0. The molecule has 148 valence electrons. The lowest BCUT2D eigenvalue weighted by atomic mass is 10.00. The number of nitrogens with one attached hydrogen (secondary N) is 2. The van der Waals surface area contributed by atoms with Crippen molar-refractivity contribution in [3.63, 3.8) is 0 Å². The number of aromatic nitrogens is 1.